The molecule has 0 saturated carbocycles. The Labute approximate surface area is 201 Å². The Bertz CT molecular complexity index is 1310. The number of nitriles is 1. The Morgan fingerprint density at radius 1 is 1.20 bits per heavy atom. The molecule has 1 aliphatic rings. The van der Waals surface area contributed by atoms with Crippen LogP contribution in [-0.2, 0) is 11.3 Å². The smallest absolute Gasteiger partial charge is 0.323 e. The van der Waals surface area contributed by atoms with Crippen LogP contribution in [0.2, 0.25) is 0 Å². The first-order valence-corrected chi connectivity index (χ1v) is 11.2. The summed E-state index contributed by atoms with van der Waals surface area (Å²) in [7, 11) is 1.53. The average Bonchev–Trinajstić information content (AvgIpc) is 3.21. The van der Waals surface area contributed by atoms with Gasteiger partial charge in [-0.05, 0) is 66.4 Å². The van der Waals surface area contributed by atoms with E-state index >= 15 is 0 Å². The second kappa shape index (κ2) is 9.99. The largest absolute Gasteiger partial charge is 0.497 e. The molecule has 0 spiro atoms. The zero-order valence-corrected chi connectivity index (χ0v) is 19.2. The van der Waals surface area contributed by atoms with E-state index in [2.05, 4.69) is 0 Å². The molecule has 1 aromatic heterocycles. The highest BCUT2D eigenvalue weighted by molar-refractivity contribution is 5.98. The fourth-order valence-electron chi connectivity index (χ4n) is 4.44. The molecule has 8 nitrogen and oxygen atoms in total. The number of hydrogen-bond acceptors (Lipinski definition) is 5. The van der Waals surface area contributed by atoms with Crippen molar-refractivity contribution < 1.29 is 23.8 Å². The molecule has 0 aliphatic carbocycles. The number of nitrogens with two attached hydrogens (primary N) is 1. The minimum absolute atomic E-state index is 0.108. The molecule has 1 atom stereocenters. The number of piperidine rings is 1. The molecule has 0 bridgehead atoms. The van der Waals surface area contributed by atoms with E-state index in [1.54, 1.807) is 47.4 Å². The van der Waals surface area contributed by atoms with Crippen LogP contribution < -0.4 is 10.5 Å². The molecule has 1 saturated heterocycles. The van der Waals surface area contributed by atoms with E-state index in [0.717, 1.165) is 12.8 Å². The first kappa shape index (κ1) is 24.0. The van der Waals surface area contributed by atoms with Crippen molar-refractivity contribution in [1.29, 1.82) is 5.26 Å². The number of amides is 1. The Balaban J connectivity index is 1.94. The number of ether oxygens (including phenoxy) is 1. The number of hydrogen-bond donors (Lipinski definition) is 2. The van der Waals surface area contributed by atoms with Crippen molar-refractivity contribution in [2.24, 2.45) is 5.73 Å². The molecular formula is C26H25FN4O4. The SMILES string of the molecule is COc1ccc(-c2c(-c3ccc(C#N)c(F)c3)cc(C(=O)N3CCC[C@@H](N)C3)n2CC(=O)O)cc1. The van der Waals surface area contributed by atoms with Crippen molar-refractivity contribution in [3.8, 4) is 34.2 Å². The maximum absolute atomic E-state index is 14.5. The van der Waals surface area contributed by atoms with Gasteiger partial charge in [0.15, 0.2) is 0 Å². The summed E-state index contributed by atoms with van der Waals surface area (Å²) in [5.41, 5.74) is 8.11. The summed E-state index contributed by atoms with van der Waals surface area (Å²) in [6.07, 6.45) is 1.57. The van der Waals surface area contributed by atoms with Crippen molar-refractivity contribution in [3.05, 3.63) is 65.6 Å². The minimum atomic E-state index is -1.13. The van der Waals surface area contributed by atoms with Crippen molar-refractivity contribution in [3.63, 3.8) is 0 Å². The van der Waals surface area contributed by atoms with Crippen molar-refractivity contribution in [2.75, 3.05) is 20.2 Å². The number of benzene rings is 2. The number of methoxy groups -OCH3 is 1. The van der Waals surface area contributed by atoms with Crippen molar-refractivity contribution >= 4 is 11.9 Å². The molecule has 1 aliphatic heterocycles. The van der Waals surface area contributed by atoms with Crippen LogP contribution >= 0.6 is 0 Å². The van der Waals surface area contributed by atoms with Crippen molar-refractivity contribution in [2.45, 2.75) is 25.4 Å². The van der Waals surface area contributed by atoms with Gasteiger partial charge in [0.2, 0.25) is 0 Å². The van der Waals surface area contributed by atoms with Gasteiger partial charge in [-0.2, -0.15) is 5.26 Å². The summed E-state index contributed by atoms with van der Waals surface area (Å²) >= 11 is 0. The van der Waals surface area contributed by atoms with E-state index in [4.69, 9.17) is 15.7 Å². The van der Waals surface area contributed by atoms with Crippen LogP contribution in [0.4, 0.5) is 4.39 Å². The Morgan fingerprint density at radius 3 is 2.51 bits per heavy atom. The van der Waals surface area contributed by atoms with Crippen LogP contribution in [0.15, 0.2) is 48.5 Å². The molecule has 3 N–H and O–H groups in total. The summed E-state index contributed by atoms with van der Waals surface area (Å²) < 4.78 is 21.2. The van der Waals surface area contributed by atoms with Gasteiger partial charge in [-0.3, -0.25) is 9.59 Å². The lowest BCUT2D eigenvalue weighted by molar-refractivity contribution is -0.137. The third-order valence-electron chi connectivity index (χ3n) is 6.12. The van der Waals surface area contributed by atoms with Crippen LogP contribution in [0.25, 0.3) is 22.4 Å². The molecule has 2 aromatic carbocycles. The van der Waals surface area contributed by atoms with E-state index in [0.29, 0.717) is 41.2 Å². The Kier molecular flexibility index (Phi) is 6.85. The highest BCUT2D eigenvalue weighted by atomic mass is 19.1. The maximum atomic E-state index is 14.5. The van der Waals surface area contributed by atoms with Gasteiger partial charge in [0.1, 0.15) is 29.9 Å². The summed E-state index contributed by atoms with van der Waals surface area (Å²) in [5, 5.41) is 18.8. The summed E-state index contributed by atoms with van der Waals surface area (Å²) in [4.78, 5) is 27.0. The zero-order chi connectivity index (χ0) is 25.1. The molecule has 3 aromatic rings. The second-order valence-electron chi connectivity index (χ2n) is 8.46. The molecule has 0 unspecified atom stereocenters. The van der Waals surface area contributed by atoms with Gasteiger partial charge in [-0.1, -0.05) is 6.07 Å². The molecular weight excluding hydrogens is 451 g/mol. The number of rotatable bonds is 6. The first-order valence-electron chi connectivity index (χ1n) is 11.2. The van der Waals surface area contributed by atoms with E-state index in [1.807, 2.05) is 0 Å². The topological polar surface area (TPSA) is 122 Å². The molecule has 1 amide bonds. The molecule has 9 heteroatoms. The summed E-state index contributed by atoms with van der Waals surface area (Å²) in [6.45, 7) is 0.417. The summed E-state index contributed by atoms with van der Waals surface area (Å²) in [6, 6.07) is 14.4. The minimum Gasteiger partial charge on any atom is -0.497 e. The lowest BCUT2D eigenvalue weighted by Gasteiger charge is -2.31. The number of aliphatic carboxylic acids is 1. The van der Waals surface area contributed by atoms with Crippen LogP contribution in [0.5, 0.6) is 5.75 Å². The monoisotopic (exact) mass is 476 g/mol. The van der Waals surface area contributed by atoms with Crippen LogP contribution in [0.3, 0.4) is 0 Å². The number of aromatic nitrogens is 1. The van der Waals surface area contributed by atoms with E-state index in [-0.39, 0.29) is 23.2 Å². The normalized spacial score (nSPS) is 15.5. The number of carbonyl (C=O) groups is 2. The van der Waals surface area contributed by atoms with Gasteiger partial charge in [-0.25, -0.2) is 4.39 Å². The highest BCUT2D eigenvalue weighted by Gasteiger charge is 2.29. The molecule has 35 heavy (non-hydrogen) atoms. The number of halogens is 1. The van der Waals surface area contributed by atoms with Gasteiger partial charge < -0.3 is 25.0 Å². The lowest BCUT2D eigenvalue weighted by Crippen LogP contribution is -2.46. The summed E-state index contributed by atoms with van der Waals surface area (Å²) in [5.74, 6) is -1.56. The number of likely N-dealkylation sites (tertiary alicyclic amines) is 1. The van der Waals surface area contributed by atoms with Crippen LogP contribution in [0, 0.1) is 17.1 Å². The molecule has 2 heterocycles. The quantitative estimate of drug-likeness (QED) is 0.562. The number of carboxylic acid groups (broad SMARTS) is 1. The molecule has 1 fully saturated rings. The van der Waals surface area contributed by atoms with Crippen LogP contribution in [0.1, 0.15) is 28.9 Å². The number of nitrogens with zero attached hydrogens (tertiary/aromatic N) is 3. The highest BCUT2D eigenvalue weighted by Crippen LogP contribution is 2.37. The molecule has 4 rings (SSSR count). The number of carbonyl (C=O) groups excluding carboxylic acids is 1. The predicted molar refractivity (Wildman–Crippen MR) is 127 cm³/mol. The Morgan fingerprint density at radius 2 is 1.91 bits per heavy atom. The zero-order valence-electron chi connectivity index (χ0n) is 19.2. The van der Waals surface area contributed by atoms with E-state index < -0.39 is 18.3 Å². The van der Waals surface area contributed by atoms with Gasteiger partial charge >= 0.3 is 5.97 Å². The second-order valence-corrected chi connectivity index (χ2v) is 8.46. The average molecular weight is 477 g/mol. The van der Waals surface area contributed by atoms with E-state index in [1.165, 1.54) is 23.8 Å². The molecule has 0 radical (unpaired) electrons. The number of carboxylic acids is 1. The van der Waals surface area contributed by atoms with Crippen molar-refractivity contribution in [1.82, 2.24) is 9.47 Å². The predicted octanol–water partition coefficient (Wildman–Crippen LogP) is 3.49. The Hall–Kier alpha value is -4.16. The van der Waals surface area contributed by atoms with Gasteiger partial charge in [0.25, 0.3) is 5.91 Å². The van der Waals surface area contributed by atoms with Gasteiger partial charge in [-0.15, -0.1) is 0 Å². The fraction of sp³-hybridized carbons (Fsp3) is 0.269. The van der Waals surface area contributed by atoms with Gasteiger partial charge in [0, 0.05) is 24.7 Å². The standard InChI is InChI=1S/C26H25FN4O4/c1-35-20-8-6-16(7-9-20)25-21(17-4-5-18(13-28)22(27)11-17)12-23(31(25)15-24(32)33)26(34)30-10-2-3-19(29)14-30/h4-9,11-12,19H,2-3,10,14-15,29H2,1H3,(H,32,33)/t19-/m1/s1. The van der Waals surface area contributed by atoms with E-state index in [9.17, 15) is 19.1 Å². The maximum Gasteiger partial charge on any atom is 0.323 e. The first-order chi connectivity index (χ1) is 16.8. The van der Waals surface area contributed by atoms with Crippen LogP contribution in [-0.4, -0.2) is 52.7 Å². The molecule has 180 valence electrons. The van der Waals surface area contributed by atoms with Gasteiger partial charge in [0.05, 0.1) is 18.4 Å². The third-order valence-corrected chi connectivity index (χ3v) is 6.12. The third kappa shape index (κ3) is 4.88. The fourth-order valence-corrected chi connectivity index (χ4v) is 4.44. The lowest BCUT2D eigenvalue weighted by atomic mass is 9.99.